The maximum Gasteiger partial charge on any atom is 0.413 e. The second-order valence-electron chi connectivity index (χ2n) is 7.57. The van der Waals surface area contributed by atoms with Crippen LogP contribution in [0.1, 0.15) is 41.0 Å². The Kier molecular flexibility index (Phi) is 5.45. The number of anilines is 2. The maximum atomic E-state index is 11.7. The van der Waals surface area contributed by atoms with Crippen molar-refractivity contribution in [3.05, 3.63) is 18.3 Å². The normalized spacial score (nSPS) is 20.7. The number of ether oxygens (including phenoxy) is 1. The summed E-state index contributed by atoms with van der Waals surface area (Å²) in [4.78, 5) is 16.0. The van der Waals surface area contributed by atoms with Gasteiger partial charge in [-0.15, -0.1) is 0 Å². The highest BCUT2D eigenvalue weighted by Crippen LogP contribution is 2.35. The number of carbonyl (C=O) groups is 1. The number of aromatic nitrogens is 1. The third kappa shape index (κ3) is 5.61. The van der Waals surface area contributed by atoms with Gasteiger partial charge in [0.25, 0.3) is 0 Å². The molecule has 1 unspecified atom stereocenters. The molecule has 0 saturated carbocycles. The van der Waals surface area contributed by atoms with Crippen molar-refractivity contribution in [2.45, 2.75) is 52.7 Å². The van der Waals surface area contributed by atoms with Gasteiger partial charge in [-0.3, -0.25) is 5.32 Å². The van der Waals surface area contributed by atoms with Gasteiger partial charge in [-0.05, 0) is 50.5 Å². The first-order valence-corrected chi connectivity index (χ1v) is 9.11. The van der Waals surface area contributed by atoms with Crippen molar-refractivity contribution in [1.29, 1.82) is 0 Å². The topological polar surface area (TPSA) is 63.2 Å². The molecule has 0 spiro atoms. The summed E-state index contributed by atoms with van der Waals surface area (Å²) < 4.78 is 5.21. The number of thioether (sulfide) groups is 1. The number of pyridine rings is 1. The van der Waals surface area contributed by atoms with E-state index in [1.807, 2.05) is 38.6 Å². The fourth-order valence-electron chi connectivity index (χ4n) is 2.34. The van der Waals surface area contributed by atoms with E-state index in [1.165, 1.54) is 12.2 Å². The first-order chi connectivity index (χ1) is 10.7. The molecule has 1 amide bonds. The number of nitrogens with one attached hydrogen (secondary N) is 2. The van der Waals surface area contributed by atoms with Gasteiger partial charge in [0.15, 0.2) is 0 Å². The maximum absolute atomic E-state index is 11.7. The highest BCUT2D eigenvalue weighted by atomic mass is 32.2. The Morgan fingerprint density at radius 2 is 2.13 bits per heavy atom. The molecule has 0 radical (unpaired) electrons. The smallest absolute Gasteiger partial charge is 0.413 e. The van der Waals surface area contributed by atoms with E-state index < -0.39 is 11.7 Å². The third-order valence-corrected chi connectivity index (χ3v) is 4.91. The van der Waals surface area contributed by atoms with Crippen molar-refractivity contribution in [3.8, 4) is 0 Å². The highest BCUT2D eigenvalue weighted by molar-refractivity contribution is 7.99. The quantitative estimate of drug-likeness (QED) is 0.857. The Balaban J connectivity index is 1.93. The number of hydrogen-bond donors (Lipinski definition) is 2. The average Bonchev–Trinajstić information content (AvgIpc) is 2.41. The summed E-state index contributed by atoms with van der Waals surface area (Å²) >= 11 is 1.98. The summed E-state index contributed by atoms with van der Waals surface area (Å²) in [6.45, 7) is 10.1. The second-order valence-corrected chi connectivity index (χ2v) is 8.72. The number of rotatable bonds is 3. The minimum atomic E-state index is -0.518. The Labute approximate surface area is 143 Å². The molecule has 1 aromatic rings. The fraction of sp³-hybridized carbons (Fsp3) is 0.647. The van der Waals surface area contributed by atoms with Gasteiger partial charge in [0, 0.05) is 11.8 Å². The van der Waals surface area contributed by atoms with Gasteiger partial charge in [-0.25, -0.2) is 9.78 Å². The predicted molar refractivity (Wildman–Crippen MR) is 97.2 cm³/mol. The van der Waals surface area contributed by atoms with E-state index in [4.69, 9.17) is 4.74 Å². The Morgan fingerprint density at radius 3 is 2.70 bits per heavy atom. The van der Waals surface area contributed by atoms with Crippen LogP contribution in [0.5, 0.6) is 0 Å². The molecule has 0 bridgehead atoms. The van der Waals surface area contributed by atoms with Crippen molar-refractivity contribution >= 4 is 29.4 Å². The third-order valence-electron chi connectivity index (χ3n) is 3.85. The fourth-order valence-corrected chi connectivity index (χ4v) is 3.94. The monoisotopic (exact) mass is 337 g/mol. The summed E-state index contributed by atoms with van der Waals surface area (Å²) in [6.07, 6.45) is 2.47. The van der Waals surface area contributed by atoms with Crippen LogP contribution in [0.3, 0.4) is 0 Å². The van der Waals surface area contributed by atoms with E-state index in [0.29, 0.717) is 11.9 Å². The molecule has 1 aliphatic heterocycles. The summed E-state index contributed by atoms with van der Waals surface area (Å²) in [7, 11) is 0. The number of nitrogens with zero attached hydrogens (tertiary/aromatic N) is 1. The zero-order valence-corrected chi connectivity index (χ0v) is 15.4. The van der Waals surface area contributed by atoms with E-state index in [1.54, 1.807) is 12.3 Å². The largest absolute Gasteiger partial charge is 0.444 e. The molecule has 6 heteroatoms. The van der Waals surface area contributed by atoms with Crippen molar-refractivity contribution in [3.63, 3.8) is 0 Å². The van der Waals surface area contributed by atoms with E-state index in [-0.39, 0.29) is 5.41 Å². The van der Waals surface area contributed by atoms with Crippen LogP contribution in [0.15, 0.2) is 18.3 Å². The van der Waals surface area contributed by atoms with Crippen molar-refractivity contribution in [2.75, 3.05) is 22.1 Å². The molecule has 2 heterocycles. The van der Waals surface area contributed by atoms with Crippen LogP contribution >= 0.6 is 11.8 Å². The van der Waals surface area contributed by atoms with Crippen LogP contribution < -0.4 is 10.6 Å². The molecule has 0 aliphatic carbocycles. The molecule has 1 aromatic heterocycles. The molecule has 2 rings (SSSR count). The molecule has 1 fully saturated rings. The van der Waals surface area contributed by atoms with Crippen LogP contribution in [-0.4, -0.2) is 34.2 Å². The van der Waals surface area contributed by atoms with E-state index >= 15 is 0 Å². The summed E-state index contributed by atoms with van der Waals surface area (Å²) in [5.74, 6) is 2.81. The molecule has 1 aliphatic rings. The van der Waals surface area contributed by atoms with Crippen LogP contribution in [0.4, 0.5) is 16.3 Å². The van der Waals surface area contributed by atoms with Gasteiger partial charge in [0.2, 0.25) is 0 Å². The van der Waals surface area contributed by atoms with Gasteiger partial charge >= 0.3 is 6.09 Å². The van der Waals surface area contributed by atoms with Crippen molar-refractivity contribution in [1.82, 2.24) is 4.98 Å². The minimum Gasteiger partial charge on any atom is -0.444 e. The lowest BCUT2D eigenvalue weighted by Crippen LogP contribution is -2.41. The molecule has 23 heavy (non-hydrogen) atoms. The zero-order valence-electron chi connectivity index (χ0n) is 14.6. The predicted octanol–water partition coefficient (Wildman–Crippen LogP) is 4.37. The average molecular weight is 337 g/mol. The number of amides is 1. The molecule has 2 N–H and O–H groups in total. The van der Waals surface area contributed by atoms with Crippen LogP contribution in [0, 0.1) is 5.41 Å². The second kappa shape index (κ2) is 6.99. The van der Waals surface area contributed by atoms with Crippen molar-refractivity contribution < 1.29 is 9.53 Å². The zero-order chi connectivity index (χ0) is 17.1. The Bertz CT molecular complexity index is 538. The van der Waals surface area contributed by atoms with Gasteiger partial charge in [-0.1, -0.05) is 13.8 Å². The van der Waals surface area contributed by atoms with Gasteiger partial charge in [0.1, 0.15) is 11.4 Å². The summed E-state index contributed by atoms with van der Waals surface area (Å²) in [5.41, 5.74) is 0.731. The van der Waals surface area contributed by atoms with Gasteiger partial charge < -0.3 is 10.1 Å². The first kappa shape index (κ1) is 17.9. The molecule has 128 valence electrons. The van der Waals surface area contributed by atoms with Crippen LogP contribution in [0.25, 0.3) is 0 Å². The first-order valence-electron chi connectivity index (χ1n) is 7.96. The van der Waals surface area contributed by atoms with Gasteiger partial charge in [-0.2, -0.15) is 11.8 Å². The minimum absolute atomic E-state index is 0.276. The summed E-state index contributed by atoms with van der Waals surface area (Å²) in [5, 5.41) is 6.20. The molecular formula is C17H27N3O2S. The highest BCUT2D eigenvalue weighted by Gasteiger charge is 2.32. The van der Waals surface area contributed by atoms with Crippen LogP contribution in [0.2, 0.25) is 0 Å². The van der Waals surface area contributed by atoms with E-state index in [0.717, 1.165) is 11.4 Å². The standard InChI is InChI=1S/C17H27N3O2S/c1-16(2,3)22-15(21)20-14-7-6-12(10-18-14)19-13-11-23-9-8-17(13,4)5/h6-7,10,13,19H,8-9,11H2,1-5H3,(H,18,20,21). The van der Waals surface area contributed by atoms with Gasteiger partial charge in [0.05, 0.1) is 11.9 Å². The van der Waals surface area contributed by atoms with Crippen LogP contribution in [-0.2, 0) is 4.74 Å². The number of hydrogen-bond acceptors (Lipinski definition) is 5. The molecule has 0 aromatic carbocycles. The summed E-state index contributed by atoms with van der Waals surface area (Å²) in [6, 6.07) is 4.15. The number of carbonyl (C=O) groups excluding carboxylic acids is 1. The SMILES string of the molecule is CC(C)(C)OC(=O)Nc1ccc(NC2CSCCC2(C)C)cn1. The molecule has 1 atom stereocenters. The van der Waals surface area contributed by atoms with Crippen molar-refractivity contribution in [2.24, 2.45) is 5.41 Å². The lowest BCUT2D eigenvalue weighted by atomic mass is 9.82. The Morgan fingerprint density at radius 1 is 1.39 bits per heavy atom. The lowest BCUT2D eigenvalue weighted by Gasteiger charge is -2.39. The molecule has 1 saturated heterocycles. The van der Waals surface area contributed by atoms with E-state index in [2.05, 4.69) is 29.5 Å². The lowest BCUT2D eigenvalue weighted by molar-refractivity contribution is 0.0635. The molecular weight excluding hydrogens is 310 g/mol. The Hall–Kier alpha value is -1.43. The van der Waals surface area contributed by atoms with E-state index in [9.17, 15) is 4.79 Å². The molecule has 5 nitrogen and oxygen atoms in total.